The van der Waals surface area contributed by atoms with Crippen LogP contribution >= 0.6 is 0 Å². The third-order valence-corrected chi connectivity index (χ3v) is 2.43. The van der Waals surface area contributed by atoms with Crippen molar-refractivity contribution >= 4 is 11.4 Å². The van der Waals surface area contributed by atoms with E-state index in [0.29, 0.717) is 0 Å². The first-order valence-corrected chi connectivity index (χ1v) is 4.34. The van der Waals surface area contributed by atoms with Crippen molar-refractivity contribution in [3.8, 4) is 0 Å². The number of hydrogen-bond donors (Lipinski definition) is 1. The Morgan fingerprint density at radius 2 is 2.15 bits per heavy atom. The van der Waals surface area contributed by atoms with Gasteiger partial charge < -0.3 is 10.1 Å². The molecule has 0 unspecified atom stereocenters. The minimum absolute atomic E-state index is 0.786. The van der Waals surface area contributed by atoms with Crippen LogP contribution in [0.25, 0.3) is 0 Å². The van der Waals surface area contributed by atoms with Gasteiger partial charge in [-0.3, -0.25) is 0 Å². The topological polar surface area (TPSA) is 35.8 Å². The standard InChI is InChI=1S/C10H12N2O/c1-12-7-6-9(11-13)8-4-2-3-5-10(8)12/h2-5,13H,6-7H2,1H3/b11-9+. The van der Waals surface area contributed by atoms with Gasteiger partial charge in [0, 0.05) is 31.3 Å². The van der Waals surface area contributed by atoms with Crippen LogP contribution in [-0.4, -0.2) is 24.5 Å². The lowest BCUT2D eigenvalue weighted by Gasteiger charge is -2.27. The fourth-order valence-corrected chi connectivity index (χ4v) is 1.68. The normalized spacial score (nSPS) is 18.8. The van der Waals surface area contributed by atoms with E-state index in [1.165, 1.54) is 0 Å². The maximum Gasteiger partial charge on any atom is 0.0906 e. The van der Waals surface area contributed by atoms with Gasteiger partial charge in [0.15, 0.2) is 0 Å². The van der Waals surface area contributed by atoms with Gasteiger partial charge in [0.1, 0.15) is 0 Å². The van der Waals surface area contributed by atoms with Gasteiger partial charge in [-0.25, -0.2) is 0 Å². The molecule has 1 N–H and O–H groups in total. The summed E-state index contributed by atoms with van der Waals surface area (Å²) >= 11 is 0. The first-order chi connectivity index (χ1) is 6.33. The summed E-state index contributed by atoms with van der Waals surface area (Å²) in [5.74, 6) is 0. The highest BCUT2D eigenvalue weighted by Gasteiger charge is 2.18. The van der Waals surface area contributed by atoms with E-state index >= 15 is 0 Å². The molecule has 1 aromatic carbocycles. The van der Waals surface area contributed by atoms with Crippen LogP contribution in [-0.2, 0) is 0 Å². The minimum Gasteiger partial charge on any atom is -0.411 e. The third kappa shape index (κ3) is 1.26. The molecule has 0 spiro atoms. The monoisotopic (exact) mass is 176 g/mol. The summed E-state index contributed by atoms with van der Waals surface area (Å²) in [6, 6.07) is 7.98. The zero-order valence-electron chi connectivity index (χ0n) is 7.57. The molecule has 68 valence electrons. The van der Waals surface area contributed by atoms with Gasteiger partial charge in [0.2, 0.25) is 0 Å². The van der Waals surface area contributed by atoms with E-state index in [2.05, 4.69) is 10.1 Å². The Labute approximate surface area is 77.3 Å². The van der Waals surface area contributed by atoms with Crippen molar-refractivity contribution in [3.63, 3.8) is 0 Å². The number of anilines is 1. The van der Waals surface area contributed by atoms with Crippen molar-refractivity contribution in [1.82, 2.24) is 0 Å². The van der Waals surface area contributed by atoms with E-state index in [1.54, 1.807) is 0 Å². The Balaban J connectivity index is 2.54. The predicted molar refractivity (Wildman–Crippen MR) is 52.7 cm³/mol. The van der Waals surface area contributed by atoms with Crippen LogP contribution in [0, 0.1) is 0 Å². The van der Waals surface area contributed by atoms with Crippen LogP contribution in [0.5, 0.6) is 0 Å². The largest absolute Gasteiger partial charge is 0.411 e. The predicted octanol–water partition coefficient (Wildman–Crippen LogP) is 1.70. The molecule has 0 atom stereocenters. The molecule has 0 bridgehead atoms. The number of nitrogens with zero attached hydrogens (tertiary/aromatic N) is 2. The van der Waals surface area contributed by atoms with Crippen LogP contribution in [0.2, 0.25) is 0 Å². The first kappa shape index (κ1) is 8.10. The molecule has 1 aliphatic heterocycles. The van der Waals surface area contributed by atoms with Crippen molar-refractivity contribution in [2.75, 3.05) is 18.5 Å². The molecule has 1 aromatic rings. The van der Waals surface area contributed by atoms with Crippen molar-refractivity contribution in [2.45, 2.75) is 6.42 Å². The van der Waals surface area contributed by atoms with E-state index < -0.39 is 0 Å². The van der Waals surface area contributed by atoms with Gasteiger partial charge in [0.25, 0.3) is 0 Å². The maximum absolute atomic E-state index is 8.79. The van der Waals surface area contributed by atoms with Gasteiger partial charge in [-0.15, -0.1) is 0 Å². The minimum atomic E-state index is 0.786. The summed E-state index contributed by atoms with van der Waals surface area (Å²) in [6.45, 7) is 0.913. The van der Waals surface area contributed by atoms with Gasteiger partial charge in [-0.2, -0.15) is 0 Å². The number of benzene rings is 1. The van der Waals surface area contributed by atoms with Gasteiger partial charge >= 0.3 is 0 Å². The molecule has 0 saturated heterocycles. The Morgan fingerprint density at radius 1 is 1.38 bits per heavy atom. The zero-order chi connectivity index (χ0) is 9.26. The average Bonchev–Trinajstić information content (AvgIpc) is 2.19. The second-order valence-corrected chi connectivity index (χ2v) is 3.24. The fourth-order valence-electron chi connectivity index (χ4n) is 1.68. The van der Waals surface area contributed by atoms with Crippen LogP contribution in [0.3, 0.4) is 0 Å². The van der Waals surface area contributed by atoms with E-state index in [0.717, 1.165) is 29.9 Å². The molecule has 1 aliphatic rings. The summed E-state index contributed by atoms with van der Waals surface area (Å²) in [7, 11) is 2.05. The molecule has 1 heterocycles. The second-order valence-electron chi connectivity index (χ2n) is 3.24. The molecule has 3 nitrogen and oxygen atoms in total. The summed E-state index contributed by atoms with van der Waals surface area (Å²) in [5, 5.41) is 12.1. The molecular weight excluding hydrogens is 164 g/mol. The van der Waals surface area contributed by atoms with Crippen LogP contribution in [0.1, 0.15) is 12.0 Å². The summed E-state index contributed by atoms with van der Waals surface area (Å²) in [6.07, 6.45) is 0.810. The Morgan fingerprint density at radius 3 is 2.92 bits per heavy atom. The highest BCUT2D eigenvalue weighted by atomic mass is 16.4. The lowest BCUT2D eigenvalue weighted by atomic mass is 10.0. The average molecular weight is 176 g/mol. The molecule has 0 saturated carbocycles. The van der Waals surface area contributed by atoms with E-state index in [1.807, 2.05) is 31.3 Å². The van der Waals surface area contributed by atoms with Crippen LogP contribution in [0.15, 0.2) is 29.4 Å². The van der Waals surface area contributed by atoms with Crippen molar-refractivity contribution in [2.24, 2.45) is 5.16 Å². The van der Waals surface area contributed by atoms with Crippen molar-refractivity contribution < 1.29 is 5.21 Å². The molecule has 0 fully saturated rings. The number of oxime groups is 1. The number of para-hydroxylation sites is 1. The Hall–Kier alpha value is -1.51. The maximum atomic E-state index is 8.79. The second kappa shape index (κ2) is 3.09. The molecule has 0 amide bonds. The van der Waals surface area contributed by atoms with Gasteiger partial charge in [-0.1, -0.05) is 23.4 Å². The quantitative estimate of drug-likeness (QED) is 0.482. The van der Waals surface area contributed by atoms with Crippen molar-refractivity contribution in [1.29, 1.82) is 0 Å². The SMILES string of the molecule is CN1CC/C(=N\O)c2ccccc21. The van der Waals surface area contributed by atoms with E-state index in [9.17, 15) is 0 Å². The number of fused-ring (bicyclic) bond motifs is 1. The van der Waals surface area contributed by atoms with E-state index in [4.69, 9.17) is 5.21 Å². The molecule has 13 heavy (non-hydrogen) atoms. The van der Waals surface area contributed by atoms with E-state index in [-0.39, 0.29) is 0 Å². The Bertz CT molecular complexity index is 347. The molecular formula is C10H12N2O. The number of rotatable bonds is 0. The smallest absolute Gasteiger partial charge is 0.0906 e. The van der Waals surface area contributed by atoms with Crippen molar-refractivity contribution in [3.05, 3.63) is 29.8 Å². The summed E-state index contributed by atoms with van der Waals surface area (Å²) in [5.41, 5.74) is 2.97. The molecule has 0 radical (unpaired) electrons. The lowest BCUT2D eigenvalue weighted by molar-refractivity contribution is 0.318. The highest BCUT2D eigenvalue weighted by molar-refractivity contribution is 6.06. The van der Waals surface area contributed by atoms with Crippen LogP contribution < -0.4 is 4.90 Å². The zero-order valence-corrected chi connectivity index (χ0v) is 7.57. The molecule has 0 aliphatic carbocycles. The molecule has 0 aromatic heterocycles. The molecule has 2 rings (SSSR count). The fraction of sp³-hybridized carbons (Fsp3) is 0.300. The Kier molecular flexibility index (Phi) is 1.93. The summed E-state index contributed by atoms with van der Waals surface area (Å²) < 4.78 is 0. The van der Waals surface area contributed by atoms with Gasteiger partial charge in [0.05, 0.1) is 5.71 Å². The summed E-state index contributed by atoms with van der Waals surface area (Å²) in [4.78, 5) is 2.17. The number of hydrogen-bond acceptors (Lipinski definition) is 3. The third-order valence-electron chi connectivity index (χ3n) is 2.43. The first-order valence-electron chi connectivity index (χ1n) is 4.34. The van der Waals surface area contributed by atoms with Gasteiger partial charge in [-0.05, 0) is 6.07 Å². The van der Waals surface area contributed by atoms with Crippen LogP contribution in [0.4, 0.5) is 5.69 Å². The lowest BCUT2D eigenvalue weighted by Crippen LogP contribution is -2.28. The highest BCUT2D eigenvalue weighted by Crippen LogP contribution is 2.25. The molecule has 3 heteroatoms.